The monoisotopic (exact) mass is 689 g/mol. The highest BCUT2D eigenvalue weighted by Crippen LogP contribution is 2.42. The molecule has 0 spiro atoms. The van der Waals surface area contributed by atoms with Crippen LogP contribution in [0.25, 0.3) is 110 Å². The molecule has 0 unspecified atom stereocenters. The van der Waals surface area contributed by atoms with Crippen LogP contribution in [-0.2, 0) is 0 Å². The van der Waals surface area contributed by atoms with Crippen molar-refractivity contribution in [2.75, 3.05) is 0 Å². The first-order chi connectivity index (χ1) is 26.5. The van der Waals surface area contributed by atoms with Crippen LogP contribution in [0.3, 0.4) is 0 Å². The number of aromatic nitrogens is 3. The van der Waals surface area contributed by atoms with E-state index in [0.29, 0.717) is 23.4 Å². The van der Waals surface area contributed by atoms with Crippen LogP contribution in [-0.4, -0.2) is 15.0 Å². The van der Waals surface area contributed by atoms with E-state index in [9.17, 15) is 0 Å². The Morgan fingerprint density at radius 2 is 0.815 bits per heavy atom. The van der Waals surface area contributed by atoms with E-state index >= 15 is 0 Å². The molecule has 0 fully saturated rings. The fraction of sp³-hybridized carbons (Fsp3) is 0.0784. The van der Waals surface area contributed by atoms with Crippen LogP contribution in [0.15, 0.2) is 152 Å². The van der Waals surface area contributed by atoms with Gasteiger partial charge >= 0.3 is 0 Å². The fourth-order valence-corrected chi connectivity index (χ4v) is 8.96. The summed E-state index contributed by atoms with van der Waals surface area (Å²) in [6.07, 6.45) is 0. The molecule has 0 amide bonds. The Hall–Kier alpha value is -6.71. The zero-order chi connectivity index (χ0) is 36.1. The minimum atomic E-state index is 0.421. The van der Waals surface area contributed by atoms with Gasteiger partial charge in [-0.1, -0.05) is 147 Å². The zero-order valence-electron chi connectivity index (χ0n) is 30.4. The molecule has 254 valence electrons. The minimum absolute atomic E-state index is 0.421. The summed E-state index contributed by atoms with van der Waals surface area (Å²) >= 11 is 0. The lowest BCUT2D eigenvalue weighted by atomic mass is 9.90. The van der Waals surface area contributed by atoms with E-state index in [2.05, 4.69) is 172 Å². The zero-order valence-corrected chi connectivity index (χ0v) is 30.4. The van der Waals surface area contributed by atoms with Gasteiger partial charge < -0.3 is 0 Å². The topological polar surface area (TPSA) is 38.7 Å². The van der Waals surface area contributed by atoms with Crippen molar-refractivity contribution in [1.29, 1.82) is 0 Å². The number of hydrogen-bond acceptors (Lipinski definition) is 3. The number of benzene rings is 10. The van der Waals surface area contributed by atoms with Crippen molar-refractivity contribution >= 4 is 64.6 Å². The van der Waals surface area contributed by atoms with Crippen molar-refractivity contribution < 1.29 is 0 Å². The van der Waals surface area contributed by atoms with Crippen LogP contribution in [0.1, 0.15) is 30.9 Å². The van der Waals surface area contributed by atoms with Gasteiger partial charge in [-0.25, -0.2) is 15.0 Å². The molecule has 0 aliphatic carbocycles. The Bertz CT molecular complexity index is 3070. The lowest BCUT2D eigenvalue weighted by molar-refractivity contribution is 0.869. The van der Waals surface area contributed by atoms with Gasteiger partial charge in [-0.3, -0.25) is 0 Å². The number of nitrogens with zero attached hydrogens (tertiary/aromatic N) is 3. The smallest absolute Gasteiger partial charge is 0.164 e. The number of aryl methyl sites for hydroxylation is 1. The molecular formula is C51H35N3. The average molecular weight is 690 g/mol. The SMILES string of the molecule is Cc1cc(-c2nc(-c3ccc4ccc5cccc6ccc3c4c56)nc(-c3ccc4ccc5cccc6ccc3c4c56)n2)ccc1-c1ccccc1C(C)C. The Labute approximate surface area is 313 Å². The molecular weight excluding hydrogens is 655 g/mol. The minimum Gasteiger partial charge on any atom is -0.208 e. The molecule has 3 heteroatoms. The van der Waals surface area contributed by atoms with Crippen molar-refractivity contribution in [2.24, 2.45) is 0 Å². The predicted molar refractivity (Wildman–Crippen MR) is 228 cm³/mol. The summed E-state index contributed by atoms with van der Waals surface area (Å²) in [5.74, 6) is 2.43. The van der Waals surface area contributed by atoms with E-state index in [1.54, 1.807) is 0 Å². The fourth-order valence-electron chi connectivity index (χ4n) is 8.96. The van der Waals surface area contributed by atoms with E-state index in [4.69, 9.17) is 15.0 Å². The third-order valence-corrected chi connectivity index (χ3v) is 11.5. The van der Waals surface area contributed by atoms with Gasteiger partial charge in [0.1, 0.15) is 0 Å². The van der Waals surface area contributed by atoms with Crippen molar-refractivity contribution in [3.63, 3.8) is 0 Å². The van der Waals surface area contributed by atoms with Crippen molar-refractivity contribution in [3.8, 4) is 45.3 Å². The lowest BCUT2D eigenvalue weighted by Crippen LogP contribution is -2.02. The Kier molecular flexibility index (Phi) is 6.66. The molecule has 0 atom stereocenters. The highest BCUT2D eigenvalue weighted by molar-refractivity contribution is 6.26. The van der Waals surface area contributed by atoms with Crippen LogP contribution < -0.4 is 0 Å². The van der Waals surface area contributed by atoms with Crippen LogP contribution in [0.5, 0.6) is 0 Å². The molecule has 0 bridgehead atoms. The largest absolute Gasteiger partial charge is 0.208 e. The first-order valence-electron chi connectivity index (χ1n) is 18.8. The number of hydrogen-bond donors (Lipinski definition) is 0. The molecule has 0 saturated heterocycles. The summed E-state index contributed by atoms with van der Waals surface area (Å²) in [7, 11) is 0. The van der Waals surface area contributed by atoms with Crippen LogP contribution >= 0.6 is 0 Å². The lowest BCUT2D eigenvalue weighted by Gasteiger charge is -2.17. The summed E-state index contributed by atoms with van der Waals surface area (Å²) in [5.41, 5.74) is 8.02. The van der Waals surface area contributed by atoms with E-state index in [0.717, 1.165) is 27.5 Å². The van der Waals surface area contributed by atoms with Crippen molar-refractivity contribution in [3.05, 3.63) is 163 Å². The van der Waals surface area contributed by atoms with Gasteiger partial charge in [-0.2, -0.15) is 0 Å². The van der Waals surface area contributed by atoms with E-state index in [1.165, 1.54) is 76.1 Å². The maximum absolute atomic E-state index is 5.36. The molecule has 3 nitrogen and oxygen atoms in total. The van der Waals surface area contributed by atoms with Gasteiger partial charge in [0, 0.05) is 16.7 Å². The third kappa shape index (κ3) is 4.58. The van der Waals surface area contributed by atoms with Gasteiger partial charge in [0.25, 0.3) is 0 Å². The van der Waals surface area contributed by atoms with Crippen LogP contribution in [0, 0.1) is 6.92 Å². The molecule has 0 aliphatic heterocycles. The maximum Gasteiger partial charge on any atom is 0.164 e. The van der Waals surface area contributed by atoms with Crippen LogP contribution in [0.2, 0.25) is 0 Å². The Balaban J connectivity index is 1.17. The second-order valence-corrected chi connectivity index (χ2v) is 15.0. The first kappa shape index (κ1) is 30.9. The molecule has 0 radical (unpaired) electrons. The Morgan fingerprint density at radius 3 is 1.33 bits per heavy atom. The molecule has 1 aromatic heterocycles. The highest BCUT2D eigenvalue weighted by atomic mass is 15.0. The second-order valence-electron chi connectivity index (χ2n) is 15.0. The summed E-state index contributed by atoms with van der Waals surface area (Å²) in [4.78, 5) is 16.0. The molecule has 0 saturated carbocycles. The molecule has 11 aromatic rings. The standard InChI is InChI=1S/C51H35N3/c1-29(2)38-12-4-5-13-40(38)39-23-22-37(28-30(39)3)49-52-50(43-26-20-35-16-14-31-8-6-10-33-18-24-41(43)47(35)45(31)33)54-51(53-49)44-27-21-36-17-15-32-9-7-11-34-19-25-42(44)48(36)46(32)34/h4-29H,1-3H3. The maximum atomic E-state index is 5.36. The summed E-state index contributed by atoms with van der Waals surface area (Å²) in [6, 6.07) is 55.1. The molecule has 1 heterocycles. The number of rotatable bonds is 5. The summed E-state index contributed by atoms with van der Waals surface area (Å²) < 4.78 is 0. The molecule has 54 heavy (non-hydrogen) atoms. The summed E-state index contributed by atoms with van der Waals surface area (Å²) in [6.45, 7) is 6.71. The van der Waals surface area contributed by atoms with E-state index < -0.39 is 0 Å². The third-order valence-electron chi connectivity index (χ3n) is 11.5. The summed E-state index contributed by atoms with van der Waals surface area (Å²) in [5, 5.41) is 14.7. The van der Waals surface area contributed by atoms with Crippen molar-refractivity contribution in [1.82, 2.24) is 15.0 Å². The molecule has 11 rings (SSSR count). The van der Waals surface area contributed by atoms with Gasteiger partial charge in [-0.05, 0) is 118 Å². The Morgan fingerprint density at radius 1 is 0.370 bits per heavy atom. The van der Waals surface area contributed by atoms with E-state index in [-0.39, 0.29) is 0 Å². The average Bonchev–Trinajstić information content (AvgIpc) is 3.21. The molecule has 0 aliphatic rings. The molecule has 0 N–H and O–H groups in total. The second kappa shape index (κ2) is 11.6. The quantitative estimate of drug-likeness (QED) is 0.169. The van der Waals surface area contributed by atoms with E-state index in [1.807, 2.05) is 0 Å². The predicted octanol–water partition coefficient (Wildman–Crippen LogP) is 13.8. The van der Waals surface area contributed by atoms with Gasteiger partial charge in [0.05, 0.1) is 0 Å². The normalized spacial score (nSPS) is 12.1. The first-order valence-corrected chi connectivity index (χ1v) is 18.8. The van der Waals surface area contributed by atoms with Gasteiger partial charge in [0.15, 0.2) is 17.5 Å². The van der Waals surface area contributed by atoms with Gasteiger partial charge in [0.2, 0.25) is 0 Å². The highest BCUT2D eigenvalue weighted by Gasteiger charge is 2.20. The van der Waals surface area contributed by atoms with Crippen LogP contribution in [0.4, 0.5) is 0 Å². The van der Waals surface area contributed by atoms with Gasteiger partial charge in [-0.15, -0.1) is 0 Å². The van der Waals surface area contributed by atoms with Crippen molar-refractivity contribution in [2.45, 2.75) is 26.7 Å². The molecule has 10 aromatic carbocycles.